The SMILES string of the molecule is O=C(NC[C@@H]1CC[C@H](CC(=O)N2CCOCC2)N1CC1CC1)c1cccc(=O)[nH]1. The first-order valence-corrected chi connectivity index (χ1v) is 10.7. The number of pyridine rings is 1. The number of ether oxygens (including phenoxy) is 1. The Morgan fingerprint density at radius 1 is 1.10 bits per heavy atom. The summed E-state index contributed by atoms with van der Waals surface area (Å²) >= 11 is 0. The number of aromatic nitrogens is 1. The Morgan fingerprint density at radius 3 is 2.59 bits per heavy atom. The molecule has 2 amide bonds. The zero-order valence-corrected chi connectivity index (χ0v) is 16.8. The summed E-state index contributed by atoms with van der Waals surface area (Å²) in [5, 5.41) is 2.97. The quantitative estimate of drug-likeness (QED) is 0.696. The second-order valence-corrected chi connectivity index (χ2v) is 8.36. The average molecular weight is 402 g/mol. The van der Waals surface area contributed by atoms with Crippen molar-refractivity contribution < 1.29 is 14.3 Å². The van der Waals surface area contributed by atoms with Crippen LogP contribution in [-0.4, -0.2) is 78.1 Å². The Balaban J connectivity index is 1.34. The maximum atomic E-state index is 12.7. The molecule has 4 rings (SSSR count). The van der Waals surface area contributed by atoms with Gasteiger partial charge in [0.1, 0.15) is 5.69 Å². The van der Waals surface area contributed by atoms with Crippen molar-refractivity contribution >= 4 is 11.8 Å². The second-order valence-electron chi connectivity index (χ2n) is 8.36. The van der Waals surface area contributed by atoms with Crippen molar-refractivity contribution in [2.45, 2.75) is 44.2 Å². The van der Waals surface area contributed by atoms with Crippen LogP contribution in [0.25, 0.3) is 0 Å². The zero-order chi connectivity index (χ0) is 20.2. The maximum absolute atomic E-state index is 12.7. The van der Waals surface area contributed by atoms with E-state index in [1.165, 1.54) is 18.9 Å². The highest BCUT2D eigenvalue weighted by Gasteiger charge is 2.38. The predicted octanol–water partition coefficient (Wildman–Crippen LogP) is 0.597. The number of rotatable bonds is 7. The van der Waals surface area contributed by atoms with Gasteiger partial charge in [-0.2, -0.15) is 0 Å². The van der Waals surface area contributed by atoms with Crippen molar-refractivity contribution in [3.63, 3.8) is 0 Å². The van der Waals surface area contributed by atoms with Crippen LogP contribution in [0.4, 0.5) is 0 Å². The molecule has 2 saturated heterocycles. The van der Waals surface area contributed by atoms with Crippen molar-refractivity contribution in [2.75, 3.05) is 39.4 Å². The van der Waals surface area contributed by atoms with Crippen LogP contribution in [0.5, 0.6) is 0 Å². The third kappa shape index (κ3) is 5.25. The lowest BCUT2D eigenvalue weighted by Gasteiger charge is -2.33. The molecule has 0 radical (unpaired) electrons. The van der Waals surface area contributed by atoms with Gasteiger partial charge in [0.15, 0.2) is 0 Å². The highest BCUT2D eigenvalue weighted by atomic mass is 16.5. The fourth-order valence-electron chi connectivity index (χ4n) is 4.38. The van der Waals surface area contributed by atoms with Gasteiger partial charge >= 0.3 is 0 Å². The topological polar surface area (TPSA) is 94.7 Å². The number of nitrogens with zero attached hydrogens (tertiary/aromatic N) is 2. The number of carbonyl (C=O) groups excluding carboxylic acids is 2. The van der Waals surface area contributed by atoms with Crippen LogP contribution in [0.3, 0.4) is 0 Å². The van der Waals surface area contributed by atoms with E-state index in [1.807, 2.05) is 4.90 Å². The van der Waals surface area contributed by atoms with Crippen molar-refractivity contribution in [3.05, 3.63) is 34.2 Å². The molecule has 0 spiro atoms. The average Bonchev–Trinajstić information content (AvgIpc) is 3.48. The van der Waals surface area contributed by atoms with E-state index in [1.54, 1.807) is 12.1 Å². The Hall–Kier alpha value is -2.19. The Bertz CT molecular complexity index is 785. The van der Waals surface area contributed by atoms with Crippen LogP contribution in [0.2, 0.25) is 0 Å². The molecule has 3 fully saturated rings. The summed E-state index contributed by atoms with van der Waals surface area (Å²) < 4.78 is 5.35. The molecule has 1 aliphatic carbocycles. The van der Waals surface area contributed by atoms with Gasteiger partial charge in [0, 0.05) is 50.7 Å². The summed E-state index contributed by atoms with van der Waals surface area (Å²) in [6, 6.07) is 5.05. The summed E-state index contributed by atoms with van der Waals surface area (Å²) in [7, 11) is 0. The molecule has 1 aromatic heterocycles. The molecule has 1 aromatic rings. The van der Waals surface area contributed by atoms with Gasteiger partial charge in [-0.15, -0.1) is 0 Å². The molecule has 0 unspecified atom stereocenters. The number of likely N-dealkylation sites (tertiary alicyclic amines) is 1. The minimum Gasteiger partial charge on any atom is -0.378 e. The van der Waals surface area contributed by atoms with Crippen LogP contribution in [0, 0.1) is 5.92 Å². The van der Waals surface area contributed by atoms with Gasteiger partial charge in [0.2, 0.25) is 11.5 Å². The Labute approximate surface area is 170 Å². The zero-order valence-electron chi connectivity index (χ0n) is 16.8. The number of aromatic amines is 1. The molecule has 1 saturated carbocycles. The molecule has 2 N–H and O–H groups in total. The molecular weight excluding hydrogens is 372 g/mol. The largest absolute Gasteiger partial charge is 0.378 e. The van der Waals surface area contributed by atoms with Crippen LogP contribution in [-0.2, 0) is 9.53 Å². The van der Waals surface area contributed by atoms with Crippen molar-refractivity contribution in [1.29, 1.82) is 0 Å². The molecule has 3 aliphatic rings. The van der Waals surface area contributed by atoms with Crippen LogP contribution < -0.4 is 10.9 Å². The van der Waals surface area contributed by atoms with E-state index in [0.717, 1.165) is 25.3 Å². The lowest BCUT2D eigenvalue weighted by molar-refractivity contribution is -0.136. The van der Waals surface area contributed by atoms with Gasteiger partial charge in [-0.1, -0.05) is 6.07 Å². The summed E-state index contributed by atoms with van der Waals surface area (Å²) in [4.78, 5) is 43.5. The Kier molecular flexibility index (Phi) is 6.30. The molecular formula is C21H30N4O4. The standard InChI is InChI=1S/C21H30N4O4/c26-19-3-1-2-18(23-19)21(28)22-13-17-7-6-16(25(17)14-15-4-5-15)12-20(27)24-8-10-29-11-9-24/h1-3,15-17H,4-14H2,(H,22,28)(H,23,26)/t16-,17+/m1/s1. The molecule has 158 valence electrons. The number of morpholine rings is 1. The molecule has 8 nitrogen and oxygen atoms in total. The maximum Gasteiger partial charge on any atom is 0.267 e. The van der Waals surface area contributed by atoms with Gasteiger partial charge in [0.05, 0.1) is 13.2 Å². The fraction of sp³-hybridized carbons (Fsp3) is 0.667. The molecule has 0 aromatic carbocycles. The van der Waals surface area contributed by atoms with Gasteiger partial charge in [0.25, 0.3) is 5.91 Å². The van der Waals surface area contributed by atoms with E-state index in [0.29, 0.717) is 39.3 Å². The smallest absolute Gasteiger partial charge is 0.267 e. The predicted molar refractivity (Wildman–Crippen MR) is 108 cm³/mol. The van der Waals surface area contributed by atoms with Crippen LogP contribution >= 0.6 is 0 Å². The number of hydrogen-bond donors (Lipinski definition) is 2. The van der Waals surface area contributed by atoms with Crippen molar-refractivity contribution in [1.82, 2.24) is 20.1 Å². The number of amides is 2. The van der Waals surface area contributed by atoms with E-state index in [2.05, 4.69) is 15.2 Å². The second kappa shape index (κ2) is 9.09. The van der Waals surface area contributed by atoms with E-state index >= 15 is 0 Å². The fourth-order valence-corrected chi connectivity index (χ4v) is 4.38. The molecule has 3 heterocycles. The van der Waals surface area contributed by atoms with E-state index < -0.39 is 0 Å². The summed E-state index contributed by atoms with van der Waals surface area (Å²) in [5.41, 5.74) is -0.00106. The first kappa shape index (κ1) is 20.1. The summed E-state index contributed by atoms with van der Waals surface area (Å²) in [6.45, 7) is 4.15. The number of nitrogens with one attached hydrogen (secondary N) is 2. The molecule has 8 heteroatoms. The number of carbonyl (C=O) groups is 2. The third-order valence-electron chi connectivity index (χ3n) is 6.22. The van der Waals surface area contributed by atoms with Gasteiger partial charge in [-0.05, 0) is 37.7 Å². The lowest BCUT2D eigenvalue weighted by Crippen LogP contribution is -2.47. The highest BCUT2D eigenvalue weighted by Crippen LogP contribution is 2.35. The van der Waals surface area contributed by atoms with E-state index in [-0.39, 0.29) is 35.2 Å². The molecule has 29 heavy (non-hydrogen) atoms. The molecule has 2 atom stereocenters. The monoisotopic (exact) mass is 402 g/mol. The van der Waals surface area contributed by atoms with E-state index in [4.69, 9.17) is 4.74 Å². The van der Waals surface area contributed by atoms with Gasteiger partial charge < -0.3 is 19.9 Å². The lowest BCUT2D eigenvalue weighted by atomic mass is 10.1. The van der Waals surface area contributed by atoms with Gasteiger partial charge in [-0.3, -0.25) is 19.3 Å². The van der Waals surface area contributed by atoms with Crippen LogP contribution in [0.1, 0.15) is 42.6 Å². The first-order valence-electron chi connectivity index (χ1n) is 10.7. The van der Waals surface area contributed by atoms with Gasteiger partial charge in [-0.25, -0.2) is 0 Å². The minimum absolute atomic E-state index is 0.214. The van der Waals surface area contributed by atoms with Crippen molar-refractivity contribution in [2.24, 2.45) is 5.92 Å². The normalized spacial score (nSPS) is 25.2. The number of H-pyrrole nitrogens is 1. The van der Waals surface area contributed by atoms with Crippen molar-refractivity contribution in [3.8, 4) is 0 Å². The molecule has 2 aliphatic heterocycles. The molecule has 0 bridgehead atoms. The third-order valence-corrected chi connectivity index (χ3v) is 6.22. The minimum atomic E-state index is -0.282. The Morgan fingerprint density at radius 2 is 1.86 bits per heavy atom. The van der Waals surface area contributed by atoms with E-state index in [9.17, 15) is 14.4 Å². The summed E-state index contributed by atoms with van der Waals surface area (Å²) in [6.07, 6.45) is 5.00. The van der Waals surface area contributed by atoms with Crippen LogP contribution in [0.15, 0.2) is 23.0 Å². The number of hydrogen-bond acceptors (Lipinski definition) is 5. The summed E-state index contributed by atoms with van der Waals surface area (Å²) in [5.74, 6) is 0.672. The highest BCUT2D eigenvalue weighted by molar-refractivity contribution is 5.92. The first-order chi connectivity index (χ1) is 14.1.